The fraction of sp³-hybridized carbons (Fsp3) is 0.188. The maximum atomic E-state index is 13.6. The normalized spacial score (nSPS) is 12.0. The van der Waals surface area contributed by atoms with Crippen molar-refractivity contribution in [3.8, 4) is 5.88 Å². The SMILES string of the molecule is CC(C)c1ccc2[nH]c(O)c(N=Nc3c(F)c(F)nc(F)c3F)c2c1. The Kier molecular flexibility index (Phi) is 4.15. The third kappa shape index (κ3) is 2.92. The molecule has 0 aliphatic heterocycles. The lowest BCUT2D eigenvalue weighted by molar-refractivity contribution is 0.409. The molecule has 0 spiro atoms. The molecule has 2 aromatic heterocycles. The molecule has 0 atom stereocenters. The summed E-state index contributed by atoms with van der Waals surface area (Å²) < 4.78 is 53.4. The minimum absolute atomic E-state index is 0.103. The molecule has 2 heterocycles. The van der Waals surface area contributed by atoms with E-state index in [0.29, 0.717) is 10.9 Å². The van der Waals surface area contributed by atoms with Crippen molar-refractivity contribution in [3.05, 3.63) is 47.3 Å². The third-order valence-corrected chi connectivity index (χ3v) is 3.67. The van der Waals surface area contributed by atoms with Gasteiger partial charge in [0.1, 0.15) is 0 Å². The van der Waals surface area contributed by atoms with E-state index in [1.54, 1.807) is 12.1 Å². The van der Waals surface area contributed by atoms with Gasteiger partial charge in [-0.15, -0.1) is 10.2 Å². The number of fused-ring (bicyclic) bond motifs is 1. The number of H-pyrrole nitrogens is 1. The van der Waals surface area contributed by atoms with Crippen LogP contribution in [0.25, 0.3) is 10.9 Å². The van der Waals surface area contributed by atoms with Crippen molar-refractivity contribution in [2.75, 3.05) is 0 Å². The number of benzene rings is 1. The molecule has 0 fully saturated rings. The van der Waals surface area contributed by atoms with Crippen LogP contribution in [0, 0.1) is 23.5 Å². The van der Waals surface area contributed by atoms with Gasteiger partial charge in [0.15, 0.2) is 11.4 Å². The van der Waals surface area contributed by atoms with Crippen LogP contribution >= 0.6 is 0 Å². The molecular weight excluding hydrogens is 340 g/mol. The number of aromatic hydroxyl groups is 1. The number of nitrogens with one attached hydrogen (secondary N) is 1. The maximum absolute atomic E-state index is 13.6. The van der Waals surface area contributed by atoms with Gasteiger partial charge in [-0.2, -0.15) is 22.5 Å². The summed E-state index contributed by atoms with van der Waals surface area (Å²) in [5.74, 6) is -7.43. The van der Waals surface area contributed by atoms with E-state index in [1.165, 1.54) is 0 Å². The van der Waals surface area contributed by atoms with Crippen molar-refractivity contribution in [2.24, 2.45) is 10.2 Å². The van der Waals surface area contributed by atoms with Crippen LogP contribution in [0.1, 0.15) is 25.3 Å². The summed E-state index contributed by atoms with van der Waals surface area (Å²) in [6.07, 6.45) is 0. The lowest BCUT2D eigenvalue weighted by atomic mass is 10.0. The molecule has 0 aliphatic rings. The summed E-state index contributed by atoms with van der Waals surface area (Å²) in [5.41, 5.74) is 0.0814. The second kappa shape index (κ2) is 6.15. The van der Waals surface area contributed by atoms with Gasteiger partial charge in [0.2, 0.25) is 17.5 Å². The summed E-state index contributed by atoms with van der Waals surface area (Å²) >= 11 is 0. The fourth-order valence-corrected chi connectivity index (χ4v) is 2.31. The highest BCUT2D eigenvalue weighted by atomic mass is 19.2. The molecule has 9 heteroatoms. The quantitative estimate of drug-likeness (QED) is 0.378. The zero-order chi connectivity index (χ0) is 18.3. The van der Waals surface area contributed by atoms with Crippen molar-refractivity contribution in [2.45, 2.75) is 19.8 Å². The molecule has 0 aliphatic carbocycles. The first kappa shape index (κ1) is 16.9. The van der Waals surface area contributed by atoms with Crippen LogP contribution in [0.4, 0.5) is 28.9 Å². The molecule has 1 aromatic carbocycles. The van der Waals surface area contributed by atoms with Gasteiger partial charge in [0.25, 0.3) is 11.9 Å². The predicted octanol–water partition coefficient (Wildman–Crippen LogP) is 5.36. The number of aromatic amines is 1. The molecule has 5 nitrogen and oxygen atoms in total. The molecule has 0 bridgehead atoms. The summed E-state index contributed by atoms with van der Waals surface area (Å²) in [4.78, 5) is 5.07. The highest BCUT2D eigenvalue weighted by Crippen LogP contribution is 2.38. The van der Waals surface area contributed by atoms with Crippen LogP contribution < -0.4 is 0 Å². The first-order chi connectivity index (χ1) is 11.8. The van der Waals surface area contributed by atoms with Crippen molar-refractivity contribution in [1.29, 1.82) is 0 Å². The Morgan fingerprint density at radius 1 is 1.00 bits per heavy atom. The lowest BCUT2D eigenvalue weighted by Crippen LogP contribution is -1.98. The van der Waals surface area contributed by atoms with Gasteiger partial charge in [0, 0.05) is 5.39 Å². The number of azo groups is 1. The molecule has 0 amide bonds. The van der Waals surface area contributed by atoms with E-state index in [0.717, 1.165) is 5.56 Å². The van der Waals surface area contributed by atoms with Crippen LogP contribution in [0.3, 0.4) is 0 Å². The standard InChI is InChI=1S/C16H12F4N4O/c1-6(2)7-3-4-9-8(5-7)12(16(25)21-9)23-24-13-10(17)14(19)22-15(20)11(13)18/h3-6,21,25H,1-2H3. The van der Waals surface area contributed by atoms with E-state index in [1.807, 2.05) is 19.9 Å². The number of pyridine rings is 1. The van der Waals surface area contributed by atoms with E-state index >= 15 is 0 Å². The summed E-state index contributed by atoms with van der Waals surface area (Å²) in [6, 6.07) is 5.28. The third-order valence-electron chi connectivity index (χ3n) is 3.67. The average molecular weight is 352 g/mol. The van der Waals surface area contributed by atoms with Gasteiger partial charge in [-0.1, -0.05) is 19.9 Å². The number of aromatic nitrogens is 2. The first-order valence-corrected chi connectivity index (χ1v) is 7.26. The van der Waals surface area contributed by atoms with Gasteiger partial charge in [0.05, 0.1) is 5.52 Å². The van der Waals surface area contributed by atoms with Crippen LogP contribution in [0.5, 0.6) is 5.88 Å². The minimum Gasteiger partial charge on any atom is -0.493 e. The number of hydrogen-bond acceptors (Lipinski definition) is 4. The van der Waals surface area contributed by atoms with Crippen LogP contribution in [-0.4, -0.2) is 15.1 Å². The van der Waals surface area contributed by atoms with Crippen molar-refractivity contribution in [1.82, 2.24) is 9.97 Å². The Morgan fingerprint density at radius 2 is 1.60 bits per heavy atom. The summed E-state index contributed by atoms with van der Waals surface area (Å²) in [5, 5.41) is 17.2. The first-order valence-electron chi connectivity index (χ1n) is 7.26. The Bertz CT molecular complexity index is 971. The number of nitrogens with zero attached hydrogens (tertiary/aromatic N) is 3. The zero-order valence-corrected chi connectivity index (χ0v) is 13.1. The van der Waals surface area contributed by atoms with E-state index in [9.17, 15) is 22.7 Å². The predicted molar refractivity (Wildman–Crippen MR) is 82.3 cm³/mol. The molecule has 0 radical (unpaired) electrons. The average Bonchev–Trinajstić information content (AvgIpc) is 2.87. The smallest absolute Gasteiger partial charge is 0.254 e. The number of rotatable bonds is 3. The Labute approximate surface area is 139 Å². The molecule has 0 saturated heterocycles. The van der Waals surface area contributed by atoms with Crippen LogP contribution in [-0.2, 0) is 0 Å². The van der Waals surface area contributed by atoms with E-state index in [-0.39, 0.29) is 11.6 Å². The molecular formula is C16H12F4N4O. The molecule has 3 rings (SSSR count). The second-order valence-electron chi connectivity index (χ2n) is 5.65. The van der Waals surface area contributed by atoms with Crippen molar-refractivity contribution >= 4 is 22.3 Å². The van der Waals surface area contributed by atoms with E-state index in [2.05, 4.69) is 20.2 Å². The monoisotopic (exact) mass is 352 g/mol. The van der Waals surface area contributed by atoms with Crippen molar-refractivity contribution in [3.63, 3.8) is 0 Å². The highest BCUT2D eigenvalue weighted by molar-refractivity contribution is 5.94. The topological polar surface area (TPSA) is 73.6 Å². The minimum atomic E-state index is -1.84. The van der Waals surface area contributed by atoms with Gasteiger partial charge < -0.3 is 10.1 Å². The summed E-state index contributed by atoms with van der Waals surface area (Å²) in [6.45, 7) is 3.92. The van der Waals surface area contributed by atoms with Gasteiger partial charge in [-0.25, -0.2) is 0 Å². The molecule has 3 aromatic rings. The van der Waals surface area contributed by atoms with Crippen molar-refractivity contribution < 1.29 is 22.7 Å². The molecule has 130 valence electrons. The largest absolute Gasteiger partial charge is 0.493 e. The molecule has 0 unspecified atom stereocenters. The number of hydrogen-bond donors (Lipinski definition) is 2. The maximum Gasteiger partial charge on any atom is 0.254 e. The zero-order valence-electron chi connectivity index (χ0n) is 13.1. The number of halogens is 4. The van der Waals surface area contributed by atoms with Crippen LogP contribution in [0.2, 0.25) is 0 Å². The summed E-state index contributed by atoms with van der Waals surface area (Å²) in [7, 11) is 0. The molecule has 0 saturated carbocycles. The lowest BCUT2D eigenvalue weighted by Gasteiger charge is -2.04. The van der Waals surface area contributed by atoms with E-state index < -0.39 is 35.1 Å². The Balaban J connectivity index is 2.14. The Hall–Kier alpha value is -2.97. The molecule has 2 N–H and O–H groups in total. The fourth-order valence-electron chi connectivity index (χ4n) is 2.31. The van der Waals surface area contributed by atoms with Gasteiger partial charge in [-0.3, -0.25) is 0 Å². The highest BCUT2D eigenvalue weighted by Gasteiger charge is 2.21. The van der Waals surface area contributed by atoms with Gasteiger partial charge >= 0.3 is 0 Å². The molecule has 25 heavy (non-hydrogen) atoms. The Morgan fingerprint density at radius 3 is 2.20 bits per heavy atom. The second-order valence-corrected chi connectivity index (χ2v) is 5.65. The van der Waals surface area contributed by atoms with Crippen LogP contribution in [0.15, 0.2) is 28.4 Å². The van der Waals surface area contributed by atoms with E-state index in [4.69, 9.17) is 0 Å². The van der Waals surface area contributed by atoms with Gasteiger partial charge in [-0.05, 0) is 23.6 Å².